The molecule has 7 heteroatoms. The van der Waals surface area contributed by atoms with Gasteiger partial charge in [-0.1, -0.05) is 0 Å². The van der Waals surface area contributed by atoms with E-state index < -0.39 is 23.4 Å². The van der Waals surface area contributed by atoms with Gasteiger partial charge in [0.25, 0.3) is 0 Å². The van der Waals surface area contributed by atoms with Crippen molar-refractivity contribution in [3.63, 3.8) is 0 Å². The minimum atomic E-state index is -0.612. The summed E-state index contributed by atoms with van der Waals surface area (Å²) in [6.07, 6.45) is 0.922. The van der Waals surface area contributed by atoms with E-state index in [2.05, 4.69) is 15.3 Å². The number of alkyl carbamates (subject to hydrolysis) is 1. The number of ether oxygens (including phenoxy) is 1. The normalized spacial score (nSPS) is 13.0. The third kappa shape index (κ3) is 3.77. The highest BCUT2D eigenvalue weighted by molar-refractivity contribution is 5.72. The molecule has 0 aliphatic heterocycles. The molecule has 21 heavy (non-hydrogen) atoms. The standard InChI is InChI=1S/C14H17N3O4/c1-8(16-13(19)21-14(2,3)4)11-17-10-9(12(18)20-11)6-5-7-15-10/h5-8H,1-4H3,(H,16,19). The van der Waals surface area contributed by atoms with Crippen molar-refractivity contribution in [2.45, 2.75) is 39.3 Å². The van der Waals surface area contributed by atoms with Crippen molar-refractivity contribution < 1.29 is 13.9 Å². The molecular weight excluding hydrogens is 274 g/mol. The van der Waals surface area contributed by atoms with Gasteiger partial charge in [0.2, 0.25) is 5.89 Å². The van der Waals surface area contributed by atoms with Gasteiger partial charge in [-0.2, -0.15) is 4.98 Å². The van der Waals surface area contributed by atoms with Gasteiger partial charge in [0.1, 0.15) is 17.0 Å². The van der Waals surface area contributed by atoms with Gasteiger partial charge in [0.15, 0.2) is 5.65 Å². The zero-order chi connectivity index (χ0) is 15.6. The number of aromatic nitrogens is 2. The number of hydrogen-bond acceptors (Lipinski definition) is 6. The van der Waals surface area contributed by atoms with Gasteiger partial charge in [-0.3, -0.25) is 0 Å². The molecule has 2 rings (SSSR count). The lowest BCUT2D eigenvalue weighted by atomic mass is 10.2. The summed E-state index contributed by atoms with van der Waals surface area (Å²) in [5.41, 5.74) is -0.870. The predicted molar refractivity (Wildman–Crippen MR) is 75.9 cm³/mol. The lowest BCUT2D eigenvalue weighted by Crippen LogP contribution is -2.34. The molecule has 0 fully saturated rings. The zero-order valence-corrected chi connectivity index (χ0v) is 12.3. The maximum absolute atomic E-state index is 11.8. The van der Waals surface area contributed by atoms with Crippen LogP contribution in [-0.4, -0.2) is 21.7 Å². The van der Waals surface area contributed by atoms with Gasteiger partial charge < -0.3 is 14.5 Å². The second-order valence-corrected chi connectivity index (χ2v) is 5.58. The Morgan fingerprint density at radius 3 is 2.81 bits per heavy atom. The molecule has 0 radical (unpaired) electrons. The zero-order valence-electron chi connectivity index (χ0n) is 12.3. The molecular formula is C14H17N3O4. The molecule has 1 unspecified atom stereocenters. The minimum Gasteiger partial charge on any atom is -0.444 e. The minimum absolute atomic E-state index is 0.0806. The van der Waals surface area contributed by atoms with Gasteiger partial charge in [0, 0.05) is 6.20 Å². The molecule has 2 aromatic rings. The molecule has 112 valence electrons. The van der Waals surface area contributed by atoms with E-state index in [1.165, 1.54) is 6.20 Å². The first kappa shape index (κ1) is 15.0. The van der Waals surface area contributed by atoms with Crippen LogP contribution in [0.3, 0.4) is 0 Å². The summed E-state index contributed by atoms with van der Waals surface area (Å²) in [6.45, 7) is 6.92. The van der Waals surface area contributed by atoms with Crippen LogP contribution in [0.25, 0.3) is 11.0 Å². The van der Waals surface area contributed by atoms with Crippen LogP contribution in [0.1, 0.15) is 39.6 Å². The Bertz CT molecular complexity index is 718. The summed E-state index contributed by atoms with van der Waals surface area (Å²) in [4.78, 5) is 31.7. The number of pyridine rings is 1. The molecule has 0 saturated heterocycles. The Balaban J connectivity index is 2.22. The molecule has 1 atom stereocenters. The largest absolute Gasteiger partial charge is 0.444 e. The highest BCUT2D eigenvalue weighted by atomic mass is 16.6. The fraction of sp³-hybridized carbons (Fsp3) is 0.429. The summed E-state index contributed by atoms with van der Waals surface area (Å²) in [5.74, 6) is 0.0806. The molecule has 7 nitrogen and oxygen atoms in total. The second kappa shape index (κ2) is 5.51. The molecule has 0 aliphatic carbocycles. The van der Waals surface area contributed by atoms with E-state index in [4.69, 9.17) is 9.15 Å². The van der Waals surface area contributed by atoms with Crippen LogP contribution < -0.4 is 10.9 Å². The van der Waals surface area contributed by atoms with E-state index in [0.717, 1.165) is 0 Å². The summed E-state index contributed by atoms with van der Waals surface area (Å²) >= 11 is 0. The Hall–Kier alpha value is -2.44. The highest BCUT2D eigenvalue weighted by Gasteiger charge is 2.20. The number of fused-ring (bicyclic) bond motifs is 1. The maximum Gasteiger partial charge on any atom is 0.408 e. The van der Waals surface area contributed by atoms with Crippen LogP contribution in [0.5, 0.6) is 0 Å². The van der Waals surface area contributed by atoms with Crippen molar-refractivity contribution in [1.29, 1.82) is 0 Å². The van der Waals surface area contributed by atoms with Crippen LogP contribution in [-0.2, 0) is 4.74 Å². The van der Waals surface area contributed by atoms with Gasteiger partial charge in [-0.15, -0.1) is 0 Å². The Kier molecular flexibility index (Phi) is 3.93. The summed E-state index contributed by atoms with van der Waals surface area (Å²) in [6, 6.07) is 2.60. The number of amides is 1. The van der Waals surface area contributed by atoms with E-state index in [1.54, 1.807) is 39.8 Å². The first-order valence-electron chi connectivity index (χ1n) is 6.51. The van der Waals surface area contributed by atoms with Crippen LogP contribution in [0.15, 0.2) is 27.5 Å². The van der Waals surface area contributed by atoms with Crippen LogP contribution in [0, 0.1) is 0 Å². The lowest BCUT2D eigenvalue weighted by Gasteiger charge is -2.21. The molecule has 0 aromatic carbocycles. The van der Waals surface area contributed by atoms with Gasteiger partial charge in [0.05, 0.1) is 0 Å². The van der Waals surface area contributed by atoms with Crippen molar-refractivity contribution in [2.75, 3.05) is 0 Å². The van der Waals surface area contributed by atoms with E-state index in [1.807, 2.05) is 0 Å². The first-order chi connectivity index (χ1) is 9.76. The summed E-state index contributed by atoms with van der Waals surface area (Å²) < 4.78 is 10.2. The number of carbonyl (C=O) groups is 1. The number of carbonyl (C=O) groups excluding carboxylic acids is 1. The molecule has 0 bridgehead atoms. The summed E-state index contributed by atoms with van der Waals surface area (Å²) in [7, 11) is 0. The van der Waals surface area contributed by atoms with Crippen LogP contribution >= 0.6 is 0 Å². The molecule has 1 amide bonds. The van der Waals surface area contributed by atoms with Gasteiger partial charge in [-0.05, 0) is 39.8 Å². The van der Waals surface area contributed by atoms with Crippen LogP contribution in [0.4, 0.5) is 4.79 Å². The lowest BCUT2D eigenvalue weighted by molar-refractivity contribution is 0.0499. The maximum atomic E-state index is 11.8. The van der Waals surface area contributed by atoms with Crippen molar-refractivity contribution in [3.05, 3.63) is 34.6 Å². The predicted octanol–water partition coefficient (Wildman–Crippen LogP) is 2.17. The average molecular weight is 291 g/mol. The molecule has 2 aromatic heterocycles. The van der Waals surface area contributed by atoms with Gasteiger partial charge >= 0.3 is 11.7 Å². The molecule has 0 saturated carbocycles. The topological polar surface area (TPSA) is 94.3 Å². The number of nitrogens with one attached hydrogen (secondary N) is 1. The second-order valence-electron chi connectivity index (χ2n) is 5.58. The fourth-order valence-corrected chi connectivity index (χ4v) is 1.65. The number of hydrogen-bond donors (Lipinski definition) is 1. The first-order valence-corrected chi connectivity index (χ1v) is 6.51. The van der Waals surface area contributed by atoms with Crippen molar-refractivity contribution in [2.24, 2.45) is 0 Å². The third-order valence-corrected chi connectivity index (χ3v) is 2.52. The smallest absolute Gasteiger partial charge is 0.408 e. The quantitative estimate of drug-likeness (QED) is 0.911. The Morgan fingerprint density at radius 2 is 2.14 bits per heavy atom. The molecule has 0 aliphatic rings. The fourth-order valence-electron chi connectivity index (χ4n) is 1.65. The third-order valence-electron chi connectivity index (χ3n) is 2.52. The van der Waals surface area contributed by atoms with Crippen molar-refractivity contribution in [3.8, 4) is 0 Å². The molecule has 2 heterocycles. The SMILES string of the molecule is CC(NC(=O)OC(C)(C)C)c1nc2ncccc2c(=O)o1. The Morgan fingerprint density at radius 1 is 1.43 bits per heavy atom. The summed E-state index contributed by atoms with van der Waals surface area (Å²) in [5, 5.41) is 2.86. The van der Waals surface area contributed by atoms with E-state index >= 15 is 0 Å². The van der Waals surface area contributed by atoms with Crippen molar-refractivity contribution >= 4 is 17.1 Å². The van der Waals surface area contributed by atoms with E-state index in [-0.39, 0.29) is 11.5 Å². The van der Waals surface area contributed by atoms with Crippen LogP contribution in [0.2, 0.25) is 0 Å². The number of rotatable bonds is 2. The molecule has 0 spiro atoms. The monoisotopic (exact) mass is 291 g/mol. The van der Waals surface area contributed by atoms with E-state index in [0.29, 0.717) is 5.39 Å². The van der Waals surface area contributed by atoms with Gasteiger partial charge in [-0.25, -0.2) is 14.6 Å². The number of nitrogens with zero attached hydrogens (tertiary/aromatic N) is 2. The Labute approximate surface area is 121 Å². The average Bonchev–Trinajstić information content (AvgIpc) is 2.36. The van der Waals surface area contributed by atoms with E-state index in [9.17, 15) is 9.59 Å². The van der Waals surface area contributed by atoms with Crippen molar-refractivity contribution in [1.82, 2.24) is 15.3 Å². The highest BCUT2D eigenvalue weighted by Crippen LogP contribution is 2.13. The molecule has 1 N–H and O–H groups in total.